The second kappa shape index (κ2) is 4.33. The number of imide groups is 1. The molecule has 3 rings (SSSR count). The molecule has 2 fully saturated rings. The van der Waals surface area contributed by atoms with Crippen LogP contribution in [0.5, 0.6) is 0 Å². The summed E-state index contributed by atoms with van der Waals surface area (Å²) in [6.45, 7) is 0. The van der Waals surface area contributed by atoms with Gasteiger partial charge in [0.2, 0.25) is 11.8 Å². The first-order valence-electron chi connectivity index (χ1n) is 6.67. The number of rotatable bonds is 1. The lowest BCUT2D eigenvalue weighted by Crippen LogP contribution is -2.47. The molecule has 1 aromatic heterocycles. The minimum atomic E-state index is -0.129. The monoisotopic (exact) mass is 259 g/mol. The van der Waals surface area contributed by atoms with Crippen LogP contribution in [0.2, 0.25) is 0 Å². The van der Waals surface area contributed by atoms with Crippen molar-refractivity contribution < 1.29 is 9.59 Å². The second-order valence-corrected chi connectivity index (χ2v) is 5.62. The van der Waals surface area contributed by atoms with E-state index < -0.39 is 0 Å². The highest BCUT2D eigenvalue weighted by atomic mass is 16.2. The summed E-state index contributed by atoms with van der Waals surface area (Å²) in [6, 6.07) is 1.62. The maximum atomic E-state index is 12.3. The number of pyridine rings is 1. The van der Waals surface area contributed by atoms with Gasteiger partial charge in [-0.05, 0) is 24.3 Å². The van der Waals surface area contributed by atoms with Crippen LogP contribution in [0, 0.1) is 5.41 Å². The number of piperidine rings is 1. The van der Waals surface area contributed by atoms with E-state index in [1.165, 1.54) is 11.1 Å². The highest BCUT2D eigenvalue weighted by Crippen LogP contribution is 2.47. The molecule has 0 unspecified atom stereocenters. The summed E-state index contributed by atoms with van der Waals surface area (Å²) >= 11 is 0. The molecule has 2 N–H and O–H groups in total. The predicted molar refractivity (Wildman–Crippen MR) is 71.3 cm³/mol. The number of nitrogens with two attached hydrogens (primary N) is 1. The molecule has 2 aliphatic rings. The Balaban J connectivity index is 1.91. The number of nitrogen functional groups attached to an aromatic ring is 1. The molecule has 5 heteroatoms. The standard InChI is InChI=1S/C14H17N3O2/c15-10-9-16-6-3-11(10)17-12(18)7-14(8-13(17)19)4-1-2-5-14/h3,6,9H,1-2,4-5,7-8,15H2. The summed E-state index contributed by atoms with van der Waals surface area (Å²) in [7, 11) is 0. The van der Waals surface area contributed by atoms with Crippen LogP contribution in [0.1, 0.15) is 38.5 Å². The van der Waals surface area contributed by atoms with Crippen LogP contribution in [0.4, 0.5) is 11.4 Å². The highest BCUT2D eigenvalue weighted by Gasteiger charge is 2.45. The quantitative estimate of drug-likeness (QED) is 0.781. The number of carbonyl (C=O) groups excluding carboxylic acids is 2. The lowest BCUT2D eigenvalue weighted by molar-refractivity contribution is -0.133. The molecule has 0 bridgehead atoms. The van der Waals surface area contributed by atoms with Crippen molar-refractivity contribution in [3.63, 3.8) is 0 Å². The van der Waals surface area contributed by atoms with Gasteiger partial charge in [-0.25, -0.2) is 4.90 Å². The third kappa shape index (κ3) is 1.99. The van der Waals surface area contributed by atoms with E-state index in [-0.39, 0.29) is 17.2 Å². The molecular weight excluding hydrogens is 242 g/mol. The van der Waals surface area contributed by atoms with Gasteiger partial charge in [-0.2, -0.15) is 0 Å². The van der Waals surface area contributed by atoms with Crippen molar-refractivity contribution in [2.45, 2.75) is 38.5 Å². The zero-order valence-corrected chi connectivity index (χ0v) is 10.8. The van der Waals surface area contributed by atoms with Gasteiger partial charge in [-0.3, -0.25) is 14.6 Å². The molecule has 0 aromatic carbocycles. The lowest BCUT2D eigenvalue weighted by Gasteiger charge is -2.37. The number of nitrogens with zero attached hydrogens (tertiary/aromatic N) is 2. The van der Waals surface area contributed by atoms with E-state index in [1.54, 1.807) is 12.3 Å². The van der Waals surface area contributed by atoms with E-state index in [9.17, 15) is 9.59 Å². The third-order valence-corrected chi connectivity index (χ3v) is 4.28. The summed E-state index contributed by atoms with van der Waals surface area (Å²) in [4.78, 5) is 29.8. The molecule has 2 amide bonds. The van der Waals surface area contributed by atoms with Gasteiger partial charge in [0, 0.05) is 19.0 Å². The van der Waals surface area contributed by atoms with Gasteiger partial charge >= 0.3 is 0 Å². The van der Waals surface area contributed by atoms with Gasteiger partial charge in [0.15, 0.2) is 0 Å². The van der Waals surface area contributed by atoms with Crippen LogP contribution >= 0.6 is 0 Å². The molecule has 19 heavy (non-hydrogen) atoms. The maximum Gasteiger partial charge on any atom is 0.234 e. The summed E-state index contributed by atoms with van der Waals surface area (Å²) in [5.74, 6) is -0.257. The molecule has 0 radical (unpaired) electrons. The van der Waals surface area contributed by atoms with Crippen LogP contribution in [0.15, 0.2) is 18.5 Å². The minimum absolute atomic E-state index is 0.0769. The van der Waals surface area contributed by atoms with Crippen molar-refractivity contribution in [2.24, 2.45) is 5.41 Å². The molecular formula is C14H17N3O2. The van der Waals surface area contributed by atoms with E-state index in [0.717, 1.165) is 25.7 Å². The summed E-state index contributed by atoms with van der Waals surface area (Å²) in [5, 5.41) is 0. The molecule has 1 aromatic rings. The van der Waals surface area contributed by atoms with Crippen LogP contribution in [0.3, 0.4) is 0 Å². The Labute approximate surface area is 111 Å². The number of hydrogen-bond donors (Lipinski definition) is 1. The second-order valence-electron chi connectivity index (χ2n) is 5.62. The Kier molecular flexibility index (Phi) is 2.77. The SMILES string of the molecule is Nc1cnccc1N1C(=O)CC2(CCCC2)CC1=O. The van der Waals surface area contributed by atoms with Gasteiger partial charge < -0.3 is 5.73 Å². The Morgan fingerprint density at radius 2 is 1.79 bits per heavy atom. The summed E-state index contributed by atoms with van der Waals surface area (Å²) < 4.78 is 0. The lowest BCUT2D eigenvalue weighted by atomic mass is 9.76. The zero-order chi connectivity index (χ0) is 13.5. The van der Waals surface area contributed by atoms with E-state index in [1.807, 2.05) is 0 Å². The van der Waals surface area contributed by atoms with Gasteiger partial charge in [0.25, 0.3) is 0 Å². The van der Waals surface area contributed by atoms with Crippen LogP contribution in [-0.2, 0) is 9.59 Å². The molecule has 2 heterocycles. The highest BCUT2D eigenvalue weighted by molar-refractivity contribution is 6.18. The van der Waals surface area contributed by atoms with Crippen molar-refractivity contribution in [1.82, 2.24) is 4.98 Å². The molecule has 1 aliphatic heterocycles. The van der Waals surface area contributed by atoms with Crippen molar-refractivity contribution in [3.8, 4) is 0 Å². The number of amides is 2. The number of anilines is 2. The predicted octanol–water partition coefficient (Wildman–Crippen LogP) is 1.88. The van der Waals surface area contributed by atoms with Gasteiger partial charge in [-0.15, -0.1) is 0 Å². The third-order valence-electron chi connectivity index (χ3n) is 4.28. The van der Waals surface area contributed by atoms with Gasteiger partial charge in [0.05, 0.1) is 17.6 Å². The molecule has 1 saturated carbocycles. The molecule has 1 saturated heterocycles. The molecule has 5 nitrogen and oxygen atoms in total. The van der Waals surface area contributed by atoms with E-state index in [4.69, 9.17) is 5.73 Å². The molecule has 1 spiro atoms. The van der Waals surface area contributed by atoms with Crippen molar-refractivity contribution in [2.75, 3.05) is 10.6 Å². The fourth-order valence-corrected chi connectivity index (χ4v) is 3.35. The average Bonchev–Trinajstić information content (AvgIpc) is 2.78. The first kappa shape index (κ1) is 12.1. The van der Waals surface area contributed by atoms with Gasteiger partial charge in [0.1, 0.15) is 0 Å². The number of hydrogen-bond acceptors (Lipinski definition) is 4. The molecule has 100 valence electrons. The largest absolute Gasteiger partial charge is 0.396 e. The average molecular weight is 259 g/mol. The summed E-state index contributed by atoms with van der Waals surface area (Å²) in [6.07, 6.45) is 8.16. The minimum Gasteiger partial charge on any atom is -0.396 e. The van der Waals surface area contributed by atoms with Crippen molar-refractivity contribution in [3.05, 3.63) is 18.5 Å². The van der Waals surface area contributed by atoms with Crippen molar-refractivity contribution in [1.29, 1.82) is 0 Å². The van der Waals surface area contributed by atoms with Crippen molar-refractivity contribution >= 4 is 23.2 Å². The Morgan fingerprint density at radius 3 is 2.37 bits per heavy atom. The topological polar surface area (TPSA) is 76.3 Å². The smallest absolute Gasteiger partial charge is 0.234 e. The zero-order valence-electron chi connectivity index (χ0n) is 10.8. The van der Waals surface area contributed by atoms with E-state index >= 15 is 0 Å². The van der Waals surface area contributed by atoms with Gasteiger partial charge in [-0.1, -0.05) is 12.8 Å². The maximum absolute atomic E-state index is 12.3. The van der Waals surface area contributed by atoms with E-state index in [2.05, 4.69) is 4.98 Å². The van der Waals surface area contributed by atoms with Crippen LogP contribution < -0.4 is 10.6 Å². The molecule has 1 aliphatic carbocycles. The molecule has 0 atom stereocenters. The fraction of sp³-hybridized carbons (Fsp3) is 0.500. The number of carbonyl (C=O) groups is 2. The Morgan fingerprint density at radius 1 is 1.16 bits per heavy atom. The fourth-order valence-electron chi connectivity index (χ4n) is 3.35. The first-order valence-corrected chi connectivity index (χ1v) is 6.67. The van der Waals surface area contributed by atoms with E-state index in [0.29, 0.717) is 24.2 Å². The Hall–Kier alpha value is -1.91. The summed E-state index contributed by atoms with van der Waals surface area (Å²) in [5.41, 5.74) is 6.57. The van der Waals surface area contributed by atoms with Crippen LogP contribution in [0.25, 0.3) is 0 Å². The first-order chi connectivity index (χ1) is 9.11. The normalized spacial score (nSPS) is 22.2. The Bertz CT molecular complexity index is 515. The van der Waals surface area contributed by atoms with Crippen LogP contribution in [-0.4, -0.2) is 16.8 Å². The number of aromatic nitrogens is 1.